The molecule has 42 valence electrons. The molecule has 0 bridgehead atoms. The van der Waals surface area contributed by atoms with E-state index in [-0.39, 0.29) is 0 Å². The van der Waals surface area contributed by atoms with Crippen molar-refractivity contribution in [3.8, 4) is 0 Å². The first-order chi connectivity index (χ1) is 3.06. The second-order valence-electron chi connectivity index (χ2n) is 1.46. The molecule has 0 aromatic rings. The lowest BCUT2D eigenvalue weighted by molar-refractivity contribution is 1.77. The first kappa shape index (κ1) is 7.54. The first-order valence-electron chi connectivity index (χ1n) is 2.08. The molecule has 0 radical (unpaired) electrons. The summed E-state index contributed by atoms with van der Waals surface area (Å²) in [6.45, 7) is 1.88. The van der Waals surface area contributed by atoms with E-state index in [9.17, 15) is 0 Å². The average molecular weight is 155 g/mol. The Bertz CT molecular complexity index is 72.2. The minimum atomic E-state index is -1.89. The second kappa shape index (κ2) is 2.75. The van der Waals surface area contributed by atoms with E-state index in [4.69, 9.17) is 22.2 Å². The molecule has 7 heavy (non-hydrogen) atoms. The van der Waals surface area contributed by atoms with Crippen LogP contribution in [0.5, 0.6) is 0 Å². The van der Waals surface area contributed by atoms with Gasteiger partial charge in [-0.05, 0) is 13.5 Å². The van der Waals surface area contributed by atoms with Crippen molar-refractivity contribution >= 4 is 28.9 Å². The van der Waals surface area contributed by atoms with Gasteiger partial charge in [-0.2, -0.15) is 0 Å². The normalized spacial score (nSPS) is 13.1. The van der Waals surface area contributed by atoms with Gasteiger partial charge in [0.2, 0.25) is 0 Å². The van der Waals surface area contributed by atoms with Gasteiger partial charge in [0, 0.05) is 0 Å². The summed E-state index contributed by atoms with van der Waals surface area (Å²) in [7, 11) is 0. The van der Waals surface area contributed by atoms with Crippen molar-refractivity contribution in [1.82, 2.24) is 0 Å². The van der Waals surface area contributed by atoms with Crippen LogP contribution in [-0.4, -0.2) is 6.69 Å². The summed E-state index contributed by atoms with van der Waals surface area (Å²) >= 11 is 11.3. The lowest BCUT2D eigenvalue weighted by Gasteiger charge is -1.98. The van der Waals surface area contributed by atoms with E-state index in [2.05, 4.69) is 0 Å². The highest BCUT2D eigenvalue weighted by atomic mass is 35.7. The van der Waals surface area contributed by atoms with Crippen LogP contribution in [0.1, 0.15) is 6.92 Å². The van der Waals surface area contributed by atoms with Crippen molar-refractivity contribution in [2.75, 3.05) is 0 Å². The SMILES string of the molecule is C/C=C/[Si](C)(Cl)Cl. The van der Waals surface area contributed by atoms with Crippen molar-refractivity contribution in [2.45, 2.75) is 13.5 Å². The zero-order valence-electron chi connectivity index (χ0n) is 4.41. The third kappa shape index (κ3) is 6.54. The summed E-state index contributed by atoms with van der Waals surface area (Å²) in [6, 6.07) is 0. The van der Waals surface area contributed by atoms with Crippen molar-refractivity contribution < 1.29 is 0 Å². The number of halogens is 2. The van der Waals surface area contributed by atoms with Crippen LogP contribution in [0.15, 0.2) is 11.8 Å². The van der Waals surface area contributed by atoms with E-state index in [0.29, 0.717) is 0 Å². The molecular weight excluding hydrogens is 147 g/mol. The van der Waals surface area contributed by atoms with Gasteiger partial charge in [0.25, 0.3) is 6.69 Å². The molecule has 0 aliphatic rings. The molecule has 0 spiro atoms. The Balaban J connectivity index is 3.56. The largest absolute Gasteiger partial charge is 0.270 e. The molecule has 0 aliphatic carbocycles. The average Bonchev–Trinajstić information content (AvgIpc) is 1.30. The fraction of sp³-hybridized carbons (Fsp3) is 0.500. The summed E-state index contributed by atoms with van der Waals surface area (Å²) in [5.41, 5.74) is 1.86. The number of hydrogen-bond donors (Lipinski definition) is 0. The molecule has 0 unspecified atom stereocenters. The second-order valence-corrected chi connectivity index (χ2v) is 8.99. The summed E-state index contributed by atoms with van der Waals surface area (Å²) in [4.78, 5) is 0. The maximum Gasteiger partial charge on any atom is 0.270 e. The Morgan fingerprint density at radius 1 is 1.43 bits per heavy atom. The van der Waals surface area contributed by atoms with Crippen LogP contribution >= 0.6 is 22.2 Å². The first-order valence-corrected chi connectivity index (χ1v) is 6.68. The van der Waals surface area contributed by atoms with E-state index >= 15 is 0 Å². The van der Waals surface area contributed by atoms with Gasteiger partial charge in [0.05, 0.1) is 0 Å². The lowest BCUT2D eigenvalue weighted by Crippen LogP contribution is -2.06. The zero-order chi connectivity index (χ0) is 5.91. The monoisotopic (exact) mass is 154 g/mol. The van der Waals surface area contributed by atoms with Crippen LogP contribution in [0.25, 0.3) is 0 Å². The fourth-order valence-electron chi connectivity index (χ4n) is 0.293. The highest BCUT2D eigenvalue weighted by Crippen LogP contribution is 2.14. The third-order valence-electron chi connectivity index (χ3n) is 0.459. The van der Waals surface area contributed by atoms with Gasteiger partial charge in [0.1, 0.15) is 0 Å². The summed E-state index contributed by atoms with van der Waals surface area (Å²) in [5, 5.41) is 0. The van der Waals surface area contributed by atoms with E-state index in [1.54, 1.807) is 0 Å². The molecule has 0 nitrogen and oxygen atoms in total. The molecule has 0 saturated carbocycles. The Morgan fingerprint density at radius 2 is 1.86 bits per heavy atom. The molecule has 0 atom stereocenters. The molecule has 3 heteroatoms. The van der Waals surface area contributed by atoms with E-state index < -0.39 is 6.69 Å². The van der Waals surface area contributed by atoms with Gasteiger partial charge in [-0.1, -0.05) is 11.8 Å². The van der Waals surface area contributed by atoms with Crippen LogP contribution in [0.3, 0.4) is 0 Å². The van der Waals surface area contributed by atoms with E-state index in [0.717, 1.165) is 0 Å². The topological polar surface area (TPSA) is 0 Å². The van der Waals surface area contributed by atoms with E-state index in [1.165, 1.54) is 0 Å². The van der Waals surface area contributed by atoms with Crippen LogP contribution in [0.2, 0.25) is 6.55 Å². The minimum Gasteiger partial charge on any atom is -0.141 e. The summed E-state index contributed by atoms with van der Waals surface area (Å²) in [6.07, 6.45) is 1.88. The van der Waals surface area contributed by atoms with Gasteiger partial charge >= 0.3 is 0 Å². The van der Waals surface area contributed by atoms with Crippen LogP contribution in [0.4, 0.5) is 0 Å². The Hall–Kier alpha value is 0.537. The molecule has 0 fully saturated rings. The smallest absolute Gasteiger partial charge is 0.141 e. The molecule has 0 rings (SSSR count). The van der Waals surface area contributed by atoms with Gasteiger partial charge < -0.3 is 0 Å². The highest BCUT2D eigenvalue weighted by molar-refractivity contribution is 7.47. The third-order valence-corrected chi connectivity index (χ3v) is 2.13. The summed E-state index contributed by atoms with van der Waals surface area (Å²) < 4.78 is 0. The zero-order valence-corrected chi connectivity index (χ0v) is 6.92. The molecule has 0 heterocycles. The van der Waals surface area contributed by atoms with Crippen LogP contribution < -0.4 is 0 Å². The number of hydrogen-bond acceptors (Lipinski definition) is 0. The Labute approximate surface area is 54.5 Å². The standard InChI is InChI=1S/C4H8Cl2Si/c1-3-4-7(2,5)6/h3-4H,1-2H3/b4-3+. The quantitative estimate of drug-likeness (QED) is 0.403. The molecule has 0 amide bonds. The Kier molecular flexibility index (Phi) is 2.96. The van der Waals surface area contributed by atoms with Crippen LogP contribution in [-0.2, 0) is 0 Å². The lowest BCUT2D eigenvalue weighted by atomic mass is 10.8. The van der Waals surface area contributed by atoms with Crippen molar-refractivity contribution in [3.63, 3.8) is 0 Å². The number of allylic oxidation sites excluding steroid dienone is 1. The predicted octanol–water partition coefficient (Wildman–Crippen LogP) is 2.65. The minimum absolute atomic E-state index is 1.86. The molecule has 0 aromatic heterocycles. The van der Waals surface area contributed by atoms with Gasteiger partial charge in [-0.15, -0.1) is 22.2 Å². The van der Waals surface area contributed by atoms with E-state index in [1.807, 2.05) is 25.2 Å². The molecular formula is C4H8Cl2Si. The maximum absolute atomic E-state index is 5.65. The molecule has 0 N–H and O–H groups in total. The molecule has 0 saturated heterocycles. The summed E-state index contributed by atoms with van der Waals surface area (Å²) in [5.74, 6) is 0. The van der Waals surface area contributed by atoms with Gasteiger partial charge in [0.15, 0.2) is 0 Å². The Morgan fingerprint density at radius 3 is 1.86 bits per heavy atom. The molecule has 0 aliphatic heterocycles. The highest BCUT2D eigenvalue weighted by Gasteiger charge is 2.13. The predicted molar refractivity (Wildman–Crippen MR) is 38.1 cm³/mol. The van der Waals surface area contributed by atoms with Crippen LogP contribution in [0, 0.1) is 0 Å². The fourth-order valence-corrected chi connectivity index (χ4v) is 1.63. The van der Waals surface area contributed by atoms with Crippen molar-refractivity contribution in [2.24, 2.45) is 0 Å². The maximum atomic E-state index is 5.65. The molecule has 0 aromatic carbocycles. The van der Waals surface area contributed by atoms with Crippen molar-refractivity contribution in [3.05, 3.63) is 11.8 Å². The number of rotatable bonds is 1. The van der Waals surface area contributed by atoms with Crippen molar-refractivity contribution in [1.29, 1.82) is 0 Å². The van der Waals surface area contributed by atoms with Gasteiger partial charge in [-0.3, -0.25) is 0 Å². The van der Waals surface area contributed by atoms with Gasteiger partial charge in [-0.25, -0.2) is 0 Å².